The first-order chi connectivity index (χ1) is 8.81. The second-order valence-corrected chi connectivity index (χ2v) is 7.28. The smallest absolute Gasteiger partial charge is 0.0931 e. The molecule has 2 saturated heterocycles. The van der Waals surface area contributed by atoms with Gasteiger partial charge in [-0.2, -0.15) is 0 Å². The predicted octanol–water partition coefficient (Wildman–Crippen LogP) is 3.46. The molecule has 18 heavy (non-hydrogen) atoms. The van der Waals surface area contributed by atoms with Crippen LogP contribution in [0.4, 0.5) is 0 Å². The molecule has 2 nitrogen and oxygen atoms in total. The summed E-state index contributed by atoms with van der Waals surface area (Å²) >= 11 is 7.74. The van der Waals surface area contributed by atoms with Crippen LogP contribution in [0.1, 0.15) is 30.6 Å². The average Bonchev–Trinajstić information content (AvgIpc) is 2.66. The molecule has 3 heterocycles. The van der Waals surface area contributed by atoms with Crippen LogP contribution in [0.15, 0.2) is 12.1 Å². The van der Waals surface area contributed by atoms with Crippen LogP contribution in [0, 0.1) is 0 Å². The van der Waals surface area contributed by atoms with Gasteiger partial charge in [0.05, 0.1) is 4.34 Å². The van der Waals surface area contributed by atoms with Crippen molar-refractivity contribution in [2.24, 2.45) is 0 Å². The Morgan fingerprint density at radius 2 is 2.06 bits per heavy atom. The van der Waals surface area contributed by atoms with E-state index >= 15 is 0 Å². The van der Waals surface area contributed by atoms with Crippen LogP contribution in [0.2, 0.25) is 4.34 Å². The normalized spacial score (nSPS) is 26.8. The summed E-state index contributed by atoms with van der Waals surface area (Å²) in [4.78, 5) is 6.74. The Morgan fingerprint density at radius 1 is 1.17 bits per heavy atom. The first-order valence-corrected chi connectivity index (χ1v) is 8.21. The molecule has 0 radical (unpaired) electrons. The van der Waals surface area contributed by atoms with E-state index in [0.717, 1.165) is 16.9 Å². The molecule has 0 saturated carbocycles. The molecule has 1 atom stereocenters. The molecule has 1 aromatic heterocycles. The molecular weight excluding hydrogens is 264 g/mol. The Bertz CT molecular complexity index is 393. The van der Waals surface area contributed by atoms with Crippen molar-refractivity contribution in [1.82, 2.24) is 9.80 Å². The molecule has 4 heteroatoms. The van der Waals surface area contributed by atoms with Crippen LogP contribution < -0.4 is 0 Å². The third-order valence-corrected chi connectivity index (χ3v) is 5.36. The minimum absolute atomic E-state index is 0.802. The van der Waals surface area contributed by atoms with E-state index in [1.807, 2.05) is 6.07 Å². The maximum atomic E-state index is 6.01. The van der Waals surface area contributed by atoms with E-state index < -0.39 is 0 Å². The molecular formula is C14H21ClN2S. The van der Waals surface area contributed by atoms with Gasteiger partial charge in [0.1, 0.15) is 0 Å². The van der Waals surface area contributed by atoms with Gasteiger partial charge in [0.2, 0.25) is 0 Å². The topological polar surface area (TPSA) is 6.48 Å². The highest BCUT2D eigenvalue weighted by molar-refractivity contribution is 7.16. The fourth-order valence-corrected chi connectivity index (χ4v) is 4.38. The number of piperidine rings is 1. The molecule has 0 bridgehead atoms. The van der Waals surface area contributed by atoms with E-state index in [2.05, 4.69) is 15.9 Å². The second kappa shape index (κ2) is 5.91. The molecule has 1 unspecified atom stereocenters. The first kappa shape index (κ1) is 12.9. The van der Waals surface area contributed by atoms with Gasteiger partial charge in [-0.05, 0) is 51.0 Å². The van der Waals surface area contributed by atoms with Crippen molar-refractivity contribution in [2.75, 3.05) is 26.2 Å². The molecule has 0 spiro atoms. The summed E-state index contributed by atoms with van der Waals surface area (Å²) in [6.07, 6.45) is 5.52. The predicted molar refractivity (Wildman–Crippen MR) is 78.4 cm³/mol. The van der Waals surface area contributed by atoms with Crippen LogP contribution in [0.25, 0.3) is 0 Å². The number of rotatable bonds is 2. The molecule has 0 amide bonds. The summed E-state index contributed by atoms with van der Waals surface area (Å²) in [6, 6.07) is 5.00. The van der Waals surface area contributed by atoms with Crippen molar-refractivity contribution in [3.63, 3.8) is 0 Å². The highest BCUT2D eigenvalue weighted by Crippen LogP contribution is 2.25. The Labute approximate surface area is 119 Å². The maximum Gasteiger partial charge on any atom is 0.0931 e. The van der Waals surface area contributed by atoms with Crippen molar-refractivity contribution < 1.29 is 0 Å². The molecule has 2 aliphatic heterocycles. The Morgan fingerprint density at radius 3 is 2.89 bits per heavy atom. The van der Waals surface area contributed by atoms with Gasteiger partial charge >= 0.3 is 0 Å². The molecule has 0 aliphatic carbocycles. The van der Waals surface area contributed by atoms with Gasteiger partial charge in [-0.25, -0.2) is 0 Å². The second-order valence-electron chi connectivity index (χ2n) is 5.48. The highest BCUT2D eigenvalue weighted by Gasteiger charge is 2.26. The highest BCUT2D eigenvalue weighted by atomic mass is 35.5. The number of fused-ring (bicyclic) bond motifs is 1. The monoisotopic (exact) mass is 284 g/mol. The summed E-state index contributed by atoms with van der Waals surface area (Å²) in [6.45, 7) is 6.19. The average molecular weight is 285 g/mol. The van der Waals surface area contributed by atoms with E-state index in [1.165, 1.54) is 56.7 Å². The molecule has 3 rings (SSSR count). The van der Waals surface area contributed by atoms with Gasteiger partial charge < -0.3 is 0 Å². The van der Waals surface area contributed by atoms with Crippen LogP contribution in [-0.2, 0) is 6.54 Å². The number of nitrogens with zero attached hydrogens (tertiary/aromatic N) is 2. The van der Waals surface area contributed by atoms with E-state index in [1.54, 1.807) is 11.3 Å². The molecule has 0 N–H and O–H groups in total. The largest absolute Gasteiger partial charge is 0.299 e. The zero-order valence-electron chi connectivity index (χ0n) is 10.8. The lowest BCUT2D eigenvalue weighted by Crippen LogP contribution is -2.43. The van der Waals surface area contributed by atoms with E-state index in [0.29, 0.717) is 0 Å². The minimum atomic E-state index is 0.802. The molecule has 1 aromatic rings. The first-order valence-electron chi connectivity index (χ1n) is 7.02. The number of hydrogen-bond acceptors (Lipinski definition) is 3. The molecule has 2 aliphatic rings. The van der Waals surface area contributed by atoms with Crippen molar-refractivity contribution in [3.8, 4) is 0 Å². The molecule has 100 valence electrons. The maximum absolute atomic E-state index is 6.01. The third-order valence-electron chi connectivity index (χ3n) is 4.15. The number of hydrogen-bond donors (Lipinski definition) is 0. The lowest BCUT2D eigenvalue weighted by molar-refractivity contribution is 0.135. The quantitative estimate of drug-likeness (QED) is 0.821. The minimum Gasteiger partial charge on any atom is -0.299 e. The van der Waals surface area contributed by atoms with Gasteiger partial charge in [0, 0.05) is 24.0 Å². The zero-order chi connectivity index (χ0) is 12.4. The van der Waals surface area contributed by atoms with Gasteiger partial charge in [-0.3, -0.25) is 9.80 Å². The summed E-state index contributed by atoms with van der Waals surface area (Å²) in [5, 5.41) is 0. The van der Waals surface area contributed by atoms with Gasteiger partial charge in [-0.1, -0.05) is 18.0 Å². The van der Waals surface area contributed by atoms with Crippen LogP contribution in [0.3, 0.4) is 0 Å². The van der Waals surface area contributed by atoms with Gasteiger partial charge in [0.25, 0.3) is 0 Å². The summed E-state index contributed by atoms with van der Waals surface area (Å²) < 4.78 is 0.916. The molecule has 2 fully saturated rings. The number of thiophene rings is 1. The Hall–Kier alpha value is -0.0900. The van der Waals surface area contributed by atoms with Gasteiger partial charge in [0.15, 0.2) is 0 Å². The lowest BCUT2D eigenvalue weighted by atomic mass is 10.0. The fourth-order valence-electron chi connectivity index (χ4n) is 3.25. The van der Waals surface area contributed by atoms with Crippen LogP contribution in [0.5, 0.6) is 0 Å². The SMILES string of the molecule is Clc1ccc(CN2CCCN3CCCCC3C2)s1. The molecule has 0 aromatic carbocycles. The van der Waals surface area contributed by atoms with Crippen LogP contribution in [-0.4, -0.2) is 42.0 Å². The Balaban J connectivity index is 1.62. The standard InChI is InChI=1S/C14H21ClN2S/c15-14-6-5-13(18-14)11-16-7-3-9-17-8-2-1-4-12(17)10-16/h5-6,12H,1-4,7-11H2. The summed E-state index contributed by atoms with van der Waals surface area (Å²) in [5.74, 6) is 0. The van der Waals surface area contributed by atoms with Crippen molar-refractivity contribution in [2.45, 2.75) is 38.3 Å². The Kier molecular flexibility index (Phi) is 4.24. The third kappa shape index (κ3) is 3.08. The fraction of sp³-hybridized carbons (Fsp3) is 0.714. The van der Waals surface area contributed by atoms with Crippen LogP contribution >= 0.6 is 22.9 Å². The van der Waals surface area contributed by atoms with Gasteiger partial charge in [-0.15, -0.1) is 11.3 Å². The van der Waals surface area contributed by atoms with Crippen molar-refractivity contribution >= 4 is 22.9 Å². The van der Waals surface area contributed by atoms with Crippen molar-refractivity contribution in [1.29, 1.82) is 0 Å². The summed E-state index contributed by atoms with van der Waals surface area (Å²) in [5.41, 5.74) is 0. The number of halogens is 1. The zero-order valence-corrected chi connectivity index (χ0v) is 12.3. The van der Waals surface area contributed by atoms with E-state index in [-0.39, 0.29) is 0 Å². The lowest BCUT2D eigenvalue weighted by Gasteiger charge is -2.35. The van der Waals surface area contributed by atoms with E-state index in [9.17, 15) is 0 Å². The summed E-state index contributed by atoms with van der Waals surface area (Å²) in [7, 11) is 0. The van der Waals surface area contributed by atoms with Crippen molar-refractivity contribution in [3.05, 3.63) is 21.3 Å². The van der Waals surface area contributed by atoms with E-state index in [4.69, 9.17) is 11.6 Å².